The molecule has 32 heavy (non-hydrogen) atoms. The summed E-state index contributed by atoms with van der Waals surface area (Å²) in [5, 5.41) is 2.96. The van der Waals surface area contributed by atoms with Crippen LogP contribution in [-0.4, -0.2) is 60.3 Å². The van der Waals surface area contributed by atoms with E-state index in [0.717, 1.165) is 30.4 Å². The van der Waals surface area contributed by atoms with Gasteiger partial charge in [-0.3, -0.25) is 19.6 Å². The van der Waals surface area contributed by atoms with E-state index >= 15 is 0 Å². The largest absolute Gasteiger partial charge is 0.479 e. The minimum Gasteiger partial charge on any atom is -0.479 e. The number of ether oxygens (including phenoxy) is 1. The van der Waals surface area contributed by atoms with Gasteiger partial charge in [0.25, 0.3) is 5.91 Å². The Labute approximate surface area is 191 Å². The van der Waals surface area contributed by atoms with Crippen molar-refractivity contribution in [1.82, 2.24) is 15.2 Å². The molecule has 8 heteroatoms. The number of pyridine rings is 1. The van der Waals surface area contributed by atoms with Crippen LogP contribution in [0.15, 0.2) is 40.7 Å². The number of carbonyl (C=O) groups excluding carboxylic acids is 2. The predicted octanol–water partition coefficient (Wildman–Crippen LogP) is 3.56. The van der Waals surface area contributed by atoms with Crippen LogP contribution in [0.25, 0.3) is 0 Å². The van der Waals surface area contributed by atoms with Crippen LogP contribution in [0, 0.1) is 0 Å². The van der Waals surface area contributed by atoms with Gasteiger partial charge in [0.2, 0.25) is 5.91 Å². The lowest BCUT2D eigenvalue weighted by atomic mass is 9.83. The normalized spacial score (nSPS) is 22.1. The molecule has 1 atom stereocenters. The van der Waals surface area contributed by atoms with E-state index in [0.29, 0.717) is 24.7 Å². The van der Waals surface area contributed by atoms with Gasteiger partial charge in [0.05, 0.1) is 32.9 Å². The number of amides is 2. The van der Waals surface area contributed by atoms with Gasteiger partial charge in [0.15, 0.2) is 6.10 Å². The Morgan fingerprint density at radius 2 is 1.97 bits per heavy atom. The molecule has 3 aliphatic rings. The van der Waals surface area contributed by atoms with Crippen molar-refractivity contribution in [2.45, 2.75) is 76.4 Å². The Hall–Kier alpha value is -2.48. The maximum atomic E-state index is 13.3. The lowest BCUT2D eigenvalue weighted by molar-refractivity contribution is -0.140. The van der Waals surface area contributed by atoms with Gasteiger partial charge >= 0.3 is 0 Å². The summed E-state index contributed by atoms with van der Waals surface area (Å²) >= 11 is 0. The molecule has 1 aliphatic carbocycles. The summed E-state index contributed by atoms with van der Waals surface area (Å²) in [6.45, 7) is 13.6. The first-order valence-corrected chi connectivity index (χ1v) is 14.9. The molecule has 1 aromatic heterocycles. The molecular weight excluding hydrogens is 420 g/mol. The van der Waals surface area contributed by atoms with Gasteiger partial charge < -0.3 is 15.0 Å². The second-order valence-corrected chi connectivity index (χ2v) is 16.2. The van der Waals surface area contributed by atoms with Gasteiger partial charge in [-0.15, -0.1) is 0 Å². The number of nitrogens with one attached hydrogen (secondary N) is 1. The van der Waals surface area contributed by atoms with E-state index in [1.54, 1.807) is 31.5 Å². The third-order valence-electron chi connectivity index (χ3n) is 7.65. The summed E-state index contributed by atoms with van der Waals surface area (Å²) in [5.74, 6) is 1.25. The van der Waals surface area contributed by atoms with Crippen LogP contribution in [0.1, 0.15) is 40.0 Å². The van der Waals surface area contributed by atoms with Gasteiger partial charge in [-0.25, -0.2) is 0 Å². The number of aromatic nitrogens is 1. The molecule has 7 nitrogen and oxygen atoms in total. The van der Waals surface area contributed by atoms with Crippen LogP contribution in [-0.2, 0) is 9.59 Å². The molecule has 1 fully saturated rings. The summed E-state index contributed by atoms with van der Waals surface area (Å²) in [7, 11) is -1.67. The molecule has 0 bridgehead atoms. The third kappa shape index (κ3) is 3.58. The van der Waals surface area contributed by atoms with Crippen molar-refractivity contribution in [2.75, 3.05) is 13.1 Å². The Morgan fingerprint density at radius 3 is 2.53 bits per heavy atom. The lowest BCUT2D eigenvalue weighted by Gasteiger charge is -2.49. The Balaban J connectivity index is 1.48. The monoisotopic (exact) mass is 454 g/mol. The van der Waals surface area contributed by atoms with E-state index in [1.165, 1.54) is 0 Å². The van der Waals surface area contributed by atoms with Gasteiger partial charge in [0.1, 0.15) is 11.6 Å². The van der Waals surface area contributed by atoms with E-state index in [9.17, 15) is 9.59 Å². The van der Waals surface area contributed by atoms with Gasteiger partial charge in [-0.1, -0.05) is 26.1 Å². The second-order valence-electron chi connectivity index (χ2n) is 10.7. The number of hydrogen-bond acceptors (Lipinski definition) is 5. The summed E-state index contributed by atoms with van der Waals surface area (Å²) < 4.78 is 5.83. The van der Waals surface area contributed by atoms with Crippen molar-refractivity contribution in [3.05, 3.63) is 35.7 Å². The number of hydrogen-bond donors (Lipinski definition) is 1. The predicted molar refractivity (Wildman–Crippen MR) is 127 cm³/mol. The number of aliphatic imine (C=N–C) groups is 1. The third-order valence-corrected chi connectivity index (χ3v) is 11.2. The maximum absolute atomic E-state index is 13.3. The fourth-order valence-corrected chi connectivity index (χ4v) is 7.78. The smallest absolute Gasteiger partial charge is 0.264 e. The van der Waals surface area contributed by atoms with Gasteiger partial charge in [-0.2, -0.15) is 0 Å². The topological polar surface area (TPSA) is 83.9 Å². The Bertz CT molecular complexity index is 990. The highest BCUT2D eigenvalue weighted by Crippen LogP contribution is 2.55. The highest BCUT2D eigenvalue weighted by Gasteiger charge is 2.54. The number of nitrogens with zero attached hydrogens (tertiary/aromatic N) is 3. The Kier molecular flexibility index (Phi) is 5.55. The number of carbonyl (C=O) groups is 2. The van der Waals surface area contributed by atoms with Crippen LogP contribution in [0.4, 0.5) is 0 Å². The zero-order valence-corrected chi connectivity index (χ0v) is 21.0. The van der Waals surface area contributed by atoms with Crippen LogP contribution < -0.4 is 10.1 Å². The molecule has 2 aliphatic heterocycles. The fraction of sp³-hybridized carbons (Fsp3) is 0.583. The molecule has 3 heterocycles. The van der Waals surface area contributed by atoms with Crippen molar-refractivity contribution in [3.8, 4) is 5.75 Å². The van der Waals surface area contributed by atoms with Crippen molar-refractivity contribution >= 4 is 25.7 Å². The van der Waals surface area contributed by atoms with E-state index < -0.39 is 19.7 Å². The summed E-state index contributed by atoms with van der Waals surface area (Å²) in [6, 6.07) is 3.57. The fourth-order valence-electron chi connectivity index (χ4n) is 5.18. The van der Waals surface area contributed by atoms with Crippen LogP contribution >= 0.6 is 0 Å². The highest BCUT2D eigenvalue weighted by molar-refractivity contribution is 6.82. The lowest BCUT2D eigenvalue weighted by Crippen LogP contribution is -2.55. The average Bonchev–Trinajstić information content (AvgIpc) is 3.18. The molecule has 1 aromatic rings. The second kappa shape index (κ2) is 7.83. The molecule has 1 saturated carbocycles. The van der Waals surface area contributed by atoms with Crippen LogP contribution in [0.5, 0.6) is 5.75 Å². The first-order valence-electron chi connectivity index (χ1n) is 11.4. The first-order chi connectivity index (χ1) is 15.0. The maximum Gasteiger partial charge on any atom is 0.264 e. The summed E-state index contributed by atoms with van der Waals surface area (Å²) in [6.07, 6.45) is 5.68. The molecular formula is C24H34N4O3Si. The number of rotatable bonds is 5. The summed E-state index contributed by atoms with van der Waals surface area (Å²) in [4.78, 5) is 37.2. The first kappa shape index (κ1) is 22.7. The van der Waals surface area contributed by atoms with E-state index in [1.807, 2.05) is 18.7 Å². The zero-order valence-electron chi connectivity index (χ0n) is 20.0. The van der Waals surface area contributed by atoms with Gasteiger partial charge in [0, 0.05) is 16.8 Å². The molecule has 4 rings (SSSR count). The van der Waals surface area contributed by atoms with E-state index in [4.69, 9.17) is 4.74 Å². The Morgan fingerprint density at radius 1 is 1.25 bits per heavy atom. The molecule has 1 unspecified atom stereocenters. The molecule has 172 valence electrons. The number of amidine groups is 1. The van der Waals surface area contributed by atoms with Gasteiger partial charge in [-0.05, 0) is 51.3 Å². The van der Waals surface area contributed by atoms with Crippen LogP contribution in [0.2, 0.25) is 24.7 Å². The van der Waals surface area contributed by atoms with Crippen molar-refractivity contribution in [1.29, 1.82) is 0 Å². The van der Waals surface area contributed by atoms with Crippen molar-refractivity contribution in [3.63, 3.8) is 0 Å². The van der Waals surface area contributed by atoms with Crippen molar-refractivity contribution < 1.29 is 14.3 Å². The van der Waals surface area contributed by atoms with Crippen LogP contribution in [0.3, 0.4) is 0 Å². The minimum absolute atomic E-state index is 0.0866. The zero-order chi connectivity index (χ0) is 23.3. The highest BCUT2D eigenvalue weighted by atomic mass is 28.3. The molecule has 0 spiro atoms. The molecule has 0 aromatic carbocycles. The van der Waals surface area contributed by atoms with Crippen molar-refractivity contribution in [2.24, 2.45) is 4.99 Å². The standard InChI is InChI=1S/C24H34N4O3Si/c1-16(31-17-9-7-12-25-13-17)21(29)28-15-18-19(23(28,2)3)14-26-20(18)27-22(30)24(10-8-11-24)32(4,5)6/h7,9,12-13,16H,8,10-11,14-15H2,1-6H3,(H,26,27,30). The quantitative estimate of drug-likeness (QED) is 0.690. The van der Waals surface area contributed by atoms with E-state index in [2.05, 4.69) is 34.9 Å². The minimum atomic E-state index is -1.67. The molecule has 0 saturated heterocycles. The molecule has 0 radical (unpaired) electrons. The average molecular weight is 455 g/mol. The summed E-state index contributed by atoms with van der Waals surface area (Å²) in [5.41, 5.74) is 1.60. The molecule has 1 N–H and O–H groups in total. The molecule has 2 amide bonds. The SMILES string of the molecule is CC(Oc1cccnc1)C(=O)N1CC2=C(CN=C2NC(=O)C2([Si](C)(C)C)CCC2)C1(C)C. The van der Waals surface area contributed by atoms with E-state index in [-0.39, 0.29) is 16.9 Å².